The Morgan fingerprint density at radius 2 is 1.58 bits per heavy atom. The van der Waals surface area contributed by atoms with Crippen molar-refractivity contribution in [3.63, 3.8) is 0 Å². The van der Waals surface area contributed by atoms with Crippen molar-refractivity contribution in [2.45, 2.75) is 83.6 Å². The molecule has 3 rings (SSSR count). The van der Waals surface area contributed by atoms with E-state index in [2.05, 4.69) is 24.4 Å². The number of unbranched alkanes of at least 4 members (excludes halogenated alkanes) is 8. The minimum Gasteiger partial charge on any atom is -0.454 e. The van der Waals surface area contributed by atoms with E-state index in [0.29, 0.717) is 12.8 Å². The molecule has 2 aliphatic rings. The average molecular weight is 332 g/mol. The fraction of sp³-hybridized carbons (Fsp3) is 0.714. The summed E-state index contributed by atoms with van der Waals surface area (Å²) in [5, 5.41) is 3.70. The molecule has 1 unspecified atom stereocenters. The van der Waals surface area contributed by atoms with Crippen molar-refractivity contribution in [1.29, 1.82) is 0 Å². The third kappa shape index (κ3) is 4.66. The average Bonchev–Trinajstić information content (AvgIpc) is 3.06. The molecule has 0 bridgehead atoms. The Morgan fingerprint density at radius 3 is 2.33 bits per heavy atom. The van der Waals surface area contributed by atoms with Crippen LogP contribution >= 0.6 is 0 Å². The molecule has 0 amide bonds. The van der Waals surface area contributed by atoms with E-state index in [1.165, 1.54) is 75.3 Å². The van der Waals surface area contributed by atoms with Gasteiger partial charge in [-0.2, -0.15) is 0 Å². The standard InChI is InChI=1S/C21H33NO2/c1-2-3-4-5-6-7-8-9-10-11-19-18-15-21-20(23-16-24-21)14-17(18)12-13-22-19/h14-15,19,22H,2-13,16H2,1H3. The van der Waals surface area contributed by atoms with Crippen LogP contribution in [0.3, 0.4) is 0 Å². The second-order valence-electron chi connectivity index (χ2n) is 7.28. The van der Waals surface area contributed by atoms with Crippen molar-refractivity contribution in [2.75, 3.05) is 13.3 Å². The lowest BCUT2D eigenvalue weighted by atomic mass is 9.90. The van der Waals surface area contributed by atoms with E-state index in [4.69, 9.17) is 9.47 Å². The van der Waals surface area contributed by atoms with Crippen LogP contribution in [0.4, 0.5) is 0 Å². The molecule has 0 spiro atoms. The monoisotopic (exact) mass is 331 g/mol. The van der Waals surface area contributed by atoms with E-state index < -0.39 is 0 Å². The van der Waals surface area contributed by atoms with Crippen molar-refractivity contribution >= 4 is 0 Å². The summed E-state index contributed by atoms with van der Waals surface area (Å²) in [4.78, 5) is 0. The third-order valence-electron chi connectivity index (χ3n) is 5.39. The van der Waals surface area contributed by atoms with Crippen LogP contribution in [-0.4, -0.2) is 13.3 Å². The van der Waals surface area contributed by atoms with Gasteiger partial charge in [0, 0.05) is 6.04 Å². The van der Waals surface area contributed by atoms with E-state index in [1.54, 1.807) is 0 Å². The summed E-state index contributed by atoms with van der Waals surface area (Å²) in [7, 11) is 0. The van der Waals surface area contributed by atoms with Gasteiger partial charge in [-0.15, -0.1) is 0 Å². The Labute approximate surface area is 147 Å². The second-order valence-corrected chi connectivity index (χ2v) is 7.28. The van der Waals surface area contributed by atoms with Gasteiger partial charge in [-0.1, -0.05) is 64.7 Å². The number of nitrogens with one attached hydrogen (secondary N) is 1. The van der Waals surface area contributed by atoms with Gasteiger partial charge in [0.05, 0.1) is 0 Å². The van der Waals surface area contributed by atoms with Gasteiger partial charge in [-0.05, 0) is 42.6 Å². The van der Waals surface area contributed by atoms with Crippen LogP contribution in [0.2, 0.25) is 0 Å². The summed E-state index contributed by atoms with van der Waals surface area (Å²) in [5.41, 5.74) is 2.88. The van der Waals surface area contributed by atoms with Crippen molar-refractivity contribution in [2.24, 2.45) is 0 Å². The first kappa shape index (κ1) is 17.6. The smallest absolute Gasteiger partial charge is 0.231 e. The molecule has 0 aromatic heterocycles. The van der Waals surface area contributed by atoms with Crippen molar-refractivity contribution < 1.29 is 9.47 Å². The van der Waals surface area contributed by atoms with Crippen LogP contribution in [0.15, 0.2) is 12.1 Å². The number of hydrogen-bond acceptors (Lipinski definition) is 3. The van der Waals surface area contributed by atoms with E-state index in [-0.39, 0.29) is 0 Å². The van der Waals surface area contributed by atoms with Gasteiger partial charge in [0.1, 0.15) is 0 Å². The Balaban J connectivity index is 1.38. The normalized spacial score (nSPS) is 18.6. The van der Waals surface area contributed by atoms with Crippen LogP contribution in [-0.2, 0) is 6.42 Å². The van der Waals surface area contributed by atoms with Crippen LogP contribution in [0.5, 0.6) is 11.5 Å². The molecule has 0 fully saturated rings. The second kappa shape index (κ2) is 9.31. The molecule has 0 aliphatic carbocycles. The van der Waals surface area contributed by atoms with Crippen LogP contribution in [0, 0.1) is 0 Å². The zero-order valence-electron chi connectivity index (χ0n) is 15.2. The fourth-order valence-electron chi connectivity index (χ4n) is 3.95. The SMILES string of the molecule is CCCCCCCCCCCC1NCCc2cc3c(cc21)OCO3. The summed E-state index contributed by atoms with van der Waals surface area (Å²) >= 11 is 0. The van der Waals surface area contributed by atoms with Crippen LogP contribution in [0.25, 0.3) is 0 Å². The largest absolute Gasteiger partial charge is 0.454 e. The highest BCUT2D eigenvalue weighted by molar-refractivity contribution is 5.50. The molecule has 24 heavy (non-hydrogen) atoms. The summed E-state index contributed by atoms with van der Waals surface area (Å²) in [6.45, 7) is 3.73. The van der Waals surface area contributed by atoms with Crippen LogP contribution < -0.4 is 14.8 Å². The molecule has 0 saturated carbocycles. The van der Waals surface area contributed by atoms with E-state index in [9.17, 15) is 0 Å². The molecule has 0 saturated heterocycles. The van der Waals surface area contributed by atoms with Crippen molar-refractivity contribution in [3.05, 3.63) is 23.3 Å². The molecule has 134 valence electrons. The first-order valence-electron chi connectivity index (χ1n) is 10.0. The maximum absolute atomic E-state index is 5.56. The fourth-order valence-corrected chi connectivity index (χ4v) is 3.95. The van der Waals surface area contributed by atoms with Crippen molar-refractivity contribution in [1.82, 2.24) is 5.32 Å². The molecule has 2 heterocycles. The maximum atomic E-state index is 5.56. The number of fused-ring (bicyclic) bond motifs is 2. The lowest BCUT2D eigenvalue weighted by Crippen LogP contribution is -2.29. The Morgan fingerprint density at radius 1 is 0.917 bits per heavy atom. The highest BCUT2D eigenvalue weighted by atomic mass is 16.7. The topological polar surface area (TPSA) is 30.5 Å². The molecule has 1 aromatic rings. The minimum absolute atomic E-state index is 0.370. The summed E-state index contributed by atoms with van der Waals surface area (Å²) in [6.07, 6.45) is 14.9. The van der Waals surface area contributed by atoms with Gasteiger partial charge in [0.25, 0.3) is 0 Å². The van der Waals surface area contributed by atoms with E-state index >= 15 is 0 Å². The lowest BCUT2D eigenvalue weighted by molar-refractivity contribution is 0.174. The molecule has 2 aliphatic heterocycles. The predicted molar refractivity (Wildman–Crippen MR) is 98.9 cm³/mol. The molecular formula is C21H33NO2. The van der Waals surface area contributed by atoms with Gasteiger partial charge in [0.2, 0.25) is 6.79 Å². The molecule has 0 radical (unpaired) electrons. The Kier molecular flexibility index (Phi) is 6.83. The number of hydrogen-bond donors (Lipinski definition) is 1. The lowest BCUT2D eigenvalue weighted by Gasteiger charge is -2.27. The first-order chi connectivity index (χ1) is 11.9. The zero-order chi connectivity index (χ0) is 16.6. The first-order valence-corrected chi connectivity index (χ1v) is 10.0. The Bertz CT molecular complexity index is 515. The minimum atomic E-state index is 0.370. The van der Waals surface area contributed by atoms with Gasteiger partial charge in [0.15, 0.2) is 11.5 Å². The third-order valence-corrected chi connectivity index (χ3v) is 5.39. The van der Waals surface area contributed by atoms with Gasteiger partial charge in [-0.25, -0.2) is 0 Å². The van der Waals surface area contributed by atoms with Crippen LogP contribution in [0.1, 0.15) is 88.3 Å². The number of benzene rings is 1. The number of ether oxygens (including phenoxy) is 2. The summed E-state index contributed by atoms with van der Waals surface area (Å²) in [5.74, 6) is 1.85. The predicted octanol–water partition coefficient (Wildman–Crippen LogP) is 5.52. The van der Waals surface area contributed by atoms with Gasteiger partial charge < -0.3 is 14.8 Å². The van der Waals surface area contributed by atoms with E-state index in [1.807, 2.05) is 0 Å². The van der Waals surface area contributed by atoms with Gasteiger partial charge >= 0.3 is 0 Å². The molecule has 3 heteroatoms. The quantitative estimate of drug-likeness (QED) is 0.572. The summed E-state index contributed by atoms with van der Waals surface area (Å²) in [6, 6.07) is 4.90. The molecule has 1 aromatic carbocycles. The molecule has 1 N–H and O–H groups in total. The van der Waals surface area contributed by atoms with Gasteiger partial charge in [-0.3, -0.25) is 0 Å². The number of rotatable bonds is 10. The zero-order valence-corrected chi connectivity index (χ0v) is 15.2. The summed E-state index contributed by atoms with van der Waals surface area (Å²) < 4.78 is 11.1. The Hall–Kier alpha value is -1.22. The highest BCUT2D eigenvalue weighted by Gasteiger charge is 2.24. The van der Waals surface area contributed by atoms with E-state index in [0.717, 1.165) is 24.5 Å². The molecular weight excluding hydrogens is 298 g/mol. The molecule has 3 nitrogen and oxygen atoms in total. The molecule has 1 atom stereocenters. The maximum Gasteiger partial charge on any atom is 0.231 e. The highest BCUT2D eigenvalue weighted by Crippen LogP contribution is 2.39. The van der Waals surface area contributed by atoms with Crippen molar-refractivity contribution in [3.8, 4) is 11.5 Å².